The van der Waals surface area contributed by atoms with Crippen LogP contribution in [0, 0.1) is 11.2 Å². The molecule has 1 saturated carbocycles. The zero-order valence-electron chi connectivity index (χ0n) is 23.7. The van der Waals surface area contributed by atoms with Crippen molar-refractivity contribution in [1.29, 1.82) is 0 Å². The molecule has 2 N–H and O–H groups in total. The van der Waals surface area contributed by atoms with E-state index in [9.17, 15) is 22.4 Å². The van der Waals surface area contributed by atoms with Gasteiger partial charge in [-0.1, -0.05) is 23.2 Å². The van der Waals surface area contributed by atoms with Gasteiger partial charge in [-0.2, -0.15) is 5.10 Å². The Morgan fingerprint density at radius 3 is 2.42 bits per heavy atom. The Bertz CT molecular complexity index is 1830. The summed E-state index contributed by atoms with van der Waals surface area (Å²) in [5, 5.41) is 5.43. The predicted octanol–water partition coefficient (Wildman–Crippen LogP) is 4.04. The summed E-state index contributed by atoms with van der Waals surface area (Å²) in [5.74, 6) is -1.11. The van der Waals surface area contributed by atoms with E-state index in [1.54, 1.807) is 15.6 Å². The van der Waals surface area contributed by atoms with Crippen molar-refractivity contribution in [3.63, 3.8) is 0 Å². The van der Waals surface area contributed by atoms with Gasteiger partial charge in [0.1, 0.15) is 5.82 Å². The van der Waals surface area contributed by atoms with Crippen molar-refractivity contribution in [3.8, 4) is 11.3 Å². The third-order valence-electron chi connectivity index (χ3n) is 9.54. The molecule has 1 atom stereocenters. The van der Waals surface area contributed by atoms with Gasteiger partial charge in [0.15, 0.2) is 9.84 Å². The van der Waals surface area contributed by atoms with Crippen molar-refractivity contribution < 1.29 is 22.4 Å². The molecule has 1 spiro atoms. The first kappa shape index (κ1) is 28.6. The van der Waals surface area contributed by atoms with Gasteiger partial charge in [0.2, 0.25) is 5.91 Å². The zero-order chi connectivity index (χ0) is 30.6. The Hall–Kier alpha value is -3.15. The Morgan fingerprint density at radius 2 is 1.79 bits per heavy atom. The van der Waals surface area contributed by atoms with Gasteiger partial charge in [-0.25, -0.2) is 12.8 Å². The zero-order valence-corrected chi connectivity index (χ0v) is 26.0. The van der Waals surface area contributed by atoms with Crippen LogP contribution < -0.4 is 10.6 Å². The molecule has 2 aromatic carbocycles. The maximum Gasteiger partial charge on any atom is 0.256 e. The molecule has 3 aromatic rings. The molecule has 13 heteroatoms. The smallest absolute Gasteiger partial charge is 0.256 e. The van der Waals surface area contributed by atoms with E-state index in [2.05, 4.69) is 0 Å². The summed E-state index contributed by atoms with van der Waals surface area (Å²) < 4.78 is 40.0. The molecule has 43 heavy (non-hydrogen) atoms. The van der Waals surface area contributed by atoms with Crippen LogP contribution in [0.15, 0.2) is 30.3 Å². The number of nitrogens with zero attached hydrogens (tertiary/aromatic N) is 4. The highest BCUT2D eigenvalue weighted by Gasteiger charge is 2.56. The number of aromatic nitrogens is 2. The average molecular weight is 647 g/mol. The number of sulfone groups is 1. The second kappa shape index (κ2) is 9.42. The van der Waals surface area contributed by atoms with Gasteiger partial charge in [-0.15, -0.1) is 0 Å². The van der Waals surface area contributed by atoms with Crippen molar-refractivity contribution in [3.05, 3.63) is 68.6 Å². The van der Waals surface area contributed by atoms with Crippen molar-refractivity contribution in [1.82, 2.24) is 14.7 Å². The number of amides is 2. The Labute approximate surface area is 258 Å². The number of carbonyl (C=O) groups excluding carboxylic acids is 2. The minimum absolute atomic E-state index is 0.0611. The van der Waals surface area contributed by atoms with E-state index in [1.807, 2.05) is 31.0 Å². The van der Waals surface area contributed by atoms with Gasteiger partial charge >= 0.3 is 0 Å². The van der Waals surface area contributed by atoms with Crippen LogP contribution in [0.2, 0.25) is 10.0 Å². The minimum atomic E-state index is -3.00. The predicted molar refractivity (Wildman–Crippen MR) is 162 cm³/mol. The highest BCUT2D eigenvalue weighted by Crippen LogP contribution is 2.50. The Morgan fingerprint density at radius 1 is 1.09 bits per heavy atom. The number of primary amides is 1. The lowest BCUT2D eigenvalue weighted by Gasteiger charge is -2.56. The number of rotatable bonds is 5. The summed E-state index contributed by atoms with van der Waals surface area (Å²) >= 11 is 13.2. The largest absolute Gasteiger partial charge is 0.369 e. The number of aryl methyl sites for hydroxylation is 1. The highest BCUT2D eigenvalue weighted by molar-refractivity contribution is 7.92. The number of nitrogens with two attached hydrogens (primary N) is 1. The van der Waals surface area contributed by atoms with Gasteiger partial charge < -0.3 is 15.5 Å². The average Bonchev–Trinajstić information content (AvgIpc) is 3.64. The topological polar surface area (TPSA) is 119 Å². The number of hydrogen-bond donors (Lipinski definition) is 1. The molecule has 226 valence electrons. The maximum atomic E-state index is 14.8. The fourth-order valence-corrected chi connectivity index (χ4v) is 10.0. The van der Waals surface area contributed by atoms with Crippen LogP contribution in [0.3, 0.4) is 0 Å². The molecule has 7 rings (SSSR count). The molecule has 2 saturated heterocycles. The molecule has 0 bridgehead atoms. The molecule has 0 unspecified atom stereocenters. The molecule has 4 aliphatic rings. The summed E-state index contributed by atoms with van der Waals surface area (Å²) in [5.41, 5.74) is 9.35. The molecule has 1 aromatic heterocycles. The normalized spacial score (nSPS) is 22.5. The fraction of sp³-hybridized carbons (Fsp3) is 0.433. The first-order valence-corrected chi connectivity index (χ1v) is 16.7. The van der Waals surface area contributed by atoms with Crippen molar-refractivity contribution in [2.24, 2.45) is 18.2 Å². The first-order chi connectivity index (χ1) is 20.2. The fourth-order valence-electron chi connectivity index (χ4n) is 7.31. The molecule has 9 nitrogen and oxygen atoms in total. The molecule has 1 aliphatic carbocycles. The molecular weight excluding hydrogens is 616 g/mol. The van der Waals surface area contributed by atoms with Gasteiger partial charge in [-0.05, 0) is 62.1 Å². The van der Waals surface area contributed by atoms with Crippen molar-refractivity contribution in [2.45, 2.75) is 37.6 Å². The van der Waals surface area contributed by atoms with Crippen molar-refractivity contribution in [2.75, 3.05) is 36.0 Å². The molecular formula is C30H30Cl2FN5O4S. The quantitative estimate of drug-likeness (QED) is 0.447. The monoisotopic (exact) mass is 645 g/mol. The van der Waals surface area contributed by atoms with E-state index in [0.717, 1.165) is 34.1 Å². The van der Waals surface area contributed by atoms with E-state index in [-0.39, 0.29) is 33.4 Å². The Kier molecular flexibility index (Phi) is 6.27. The summed E-state index contributed by atoms with van der Waals surface area (Å²) in [6, 6.07) is 7.62. The highest BCUT2D eigenvalue weighted by atomic mass is 35.5. The lowest BCUT2D eigenvalue weighted by molar-refractivity contribution is -0.120. The van der Waals surface area contributed by atoms with E-state index in [0.29, 0.717) is 49.6 Å². The SMILES string of the molecule is C[C@@H]1c2nn(C)c(-c3cc(Cl)cc(C4(C(N)=O)CC4)c3)c2CCN1C(=O)c1cc(F)cc(N2CC3(C2)CS(=O)(=O)C3)c1Cl. The molecule has 3 fully saturated rings. The summed E-state index contributed by atoms with van der Waals surface area (Å²) in [4.78, 5) is 29.6. The number of fused-ring (bicyclic) bond motifs is 1. The van der Waals surface area contributed by atoms with Crippen LogP contribution in [-0.2, 0) is 33.5 Å². The standard InChI is InChI=1S/C30H30Cl2FN5O4S/c1-16-25-21(26(36(2)35-25)17-7-18(9-19(31)8-17)30(4-5-30)28(34)40)3-6-38(16)27(39)22-10-20(33)11-23(24(22)32)37-12-29(13-37)14-43(41,42)15-29/h7-11,16H,3-6,12-15H2,1-2H3,(H2,34,40)/t16-/m1/s1. The first-order valence-electron chi connectivity index (χ1n) is 14.2. The van der Waals surface area contributed by atoms with E-state index < -0.39 is 33.0 Å². The number of anilines is 1. The lowest BCUT2D eigenvalue weighted by Crippen LogP contribution is -2.68. The van der Waals surface area contributed by atoms with E-state index in [4.69, 9.17) is 34.0 Å². The molecule has 0 radical (unpaired) electrons. The molecule has 4 heterocycles. The number of carbonyl (C=O) groups is 2. The number of benzene rings is 2. The minimum Gasteiger partial charge on any atom is -0.369 e. The van der Waals surface area contributed by atoms with Crippen molar-refractivity contribution >= 4 is 50.5 Å². The third-order valence-corrected chi connectivity index (χ3v) is 12.3. The van der Waals surface area contributed by atoms with E-state index in [1.165, 1.54) is 6.07 Å². The third kappa shape index (κ3) is 4.45. The van der Waals surface area contributed by atoms with Crippen LogP contribution in [0.5, 0.6) is 0 Å². The van der Waals surface area contributed by atoms with Crippen LogP contribution >= 0.6 is 23.2 Å². The Balaban J connectivity index is 1.17. The van der Waals surface area contributed by atoms with Gasteiger partial charge in [0, 0.05) is 48.2 Å². The van der Waals surface area contributed by atoms with Gasteiger partial charge in [0.05, 0.1) is 50.6 Å². The summed E-state index contributed by atoms with van der Waals surface area (Å²) in [7, 11) is -1.17. The summed E-state index contributed by atoms with van der Waals surface area (Å²) in [6.45, 7) is 3.15. The molecule has 2 amide bonds. The maximum absolute atomic E-state index is 14.8. The van der Waals surface area contributed by atoms with Crippen LogP contribution in [0.1, 0.15) is 53.0 Å². The van der Waals surface area contributed by atoms with E-state index >= 15 is 0 Å². The summed E-state index contributed by atoms with van der Waals surface area (Å²) in [6.07, 6.45) is 1.87. The van der Waals surface area contributed by atoms with Gasteiger partial charge in [0.25, 0.3) is 5.91 Å². The lowest BCUT2D eigenvalue weighted by atomic mass is 9.82. The number of hydrogen-bond acceptors (Lipinski definition) is 6. The number of halogens is 3. The van der Waals surface area contributed by atoms with Crippen LogP contribution in [0.25, 0.3) is 11.3 Å². The second-order valence-corrected chi connectivity index (χ2v) is 15.5. The molecule has 3 aliphatic heterocycles. The van der Waals surface area contributed by atoms with Crippen LogP contribution in [-0.4, -0.2) is 66.1 Å². The second-order valence-electron chi connectivity index (χ2n) is 12.6. The van der Waals surface area contributed by atoms with Gasteiger partial charge in [-0.3, -0.25) is 14.3 Å². The van der Waals surface area contributed by atoms with Crippen LogP contribution in [0.4, 0.5) is 10.1 Å².